The number of rotatable bonds is 0. The highest BCUT2D eigenvalue weighted by Gasteiger charge is 2.19. The zero-order valence-corrected chi connectivity index (χ0v) is 11.1. The first-order valence-corrected chi connectivity index (χ1v) is 5.65. The molecule has 0 unspecified atom stereocenters. The minimum absolute atomic E-state index is 0.000000000000000222. The Balaban J connectivity index is 0.000000423. The summed E-state index contributed by atoms with van der Waals surface area (Å²) < 4.78 is 0. The van der Waals surface area contributed by atoms with Crippen molar-refractivity contribution in [1.82, 2.24) is 4.98 Å². The predicted octanol–water partition coefficient (Wildman–Crippen LogP) is 1.52. The molecular weight excluding hydrogens is 228 g/mol. The number of nitrogen functional groups attached to an aromatic ring is 1. The minimum Gasteiger partial charge on any atom is -0.377 e. The number of hydrogen-bond donors (Lipinski definition) is 3. The standard InChI is InChI=1S/C8H14N2S.CH4N2S/c1-5-6(8(2,3)4)10-7(9)11-5;2-1(3)4/h1-4H3,(H2,9,10);(H4,2,3,4). The second-order valence-electron chi connectivity index (χ2n) is 4.11. The molecule has 0 aliphatic rings. The van der Waals surface area contributed by atoms with Crippen LogP contribution in [-0.4, -0.2) is 10.1 Å². The molecule has 1 aromatic rings. The van der Waals surface area contributed by atoms with Gasteiger partial charge in [-0.05, 0) is 19.1 Å². The lowest BCUT2D eigenvalue weighted by Gasteiger charge is -2.15. The number of anilines is 1. The van der Waals surface area contributed by atoms with Gasteiger partial charge in [0, 0.05) is 10.3 Å². The number of hydrogen-bond acceptors (Lipinski definition) is 4. The van der Waals surface area contributed by atoms with Crippen molar-refractivity contribution in [3.05, 3.63) is 10.6 Å². The third kappa shape index (κ3) is 5.54. The molecule has 1 aromatic heterocycles. The predicted molar refractivity (Wildman–Crippen MR) is 70.9 cm³/mol. The fraction of sp³-hybridized carbons (Fsp3) is 0.556. The van der Waals surface area contributed by atoms with Crippen LogP contribution in [0.2, 0.25) is 0 Å². The summed E-state index contributed by atoms with van der Waals surface area (Å²) in [5.74, 6) is 0. The van der Waals surface area contributed by atoms with Crippen molar-refractivity contribution in [2.75, 3.05) is 5.73 Å². The number of nitrogens with two attached hydrogens (primary N) is 3. The number of thiocarbonyl (C=S) groups is 1. The van der Waals surface area contributed by atoms with Gasteiger partial charge >= 0.3 is 0 Å². The van der Waals surface area contributed by atoms with E-state index in [1.807, 2.05) is 0 Å². The third-order valence-electron chi connectivity index (χ3n) is 1.52. The van der Waals surface area contributed by atoms with Crippen LogP contribution in [0.5, 0.6) is 0 Å². The van der Waals surface area contributed by atoms with Crippen LogP contribution in [0.25, 0.3) is 0 Å². The van der Waals surface area contributed by atoms with E-state index in [1.165, 1.54) is 4.88 Å². The Bertz CT molecular complexity index is 334. The molecule has 0 atom stereocenters. The van der Waals surface area contributed by atoms with Crippen LogP contribution in [0.15, 0.2) is 0 Å². The van der Waals surface area contributed by atoms with Crippen LogP contribution < -0.4 is 17.2 Å². The highest BCUT2D eigenvalue weighted by atomic mass is 32.1. The van der Waals surface area contributed by atoms with Crippen LogP contribution >= 0.6 is 23.6 Å². The maximum atomic E-state index is 5.58. The summed E-state index contributed by atoms with van der Waals surface area (Å²) in [7, 11) is 0. The van der Waals surface area contributed by atoms with Gasteiger partial charge in [-0.1, -0.05) is 20.8 Å². The lowest BCUT2D eigenvalue weighted by molar-refractivity contribution is 0.570. The Morgan fingerprint density at radius 2 is 1.73 bits per heavy atom. The molecule has 1 heterocycles. The van der Waals surface area contributed by atoms with Gasteiger partial charge in [-0.3, -0.25) is 0 Å². The Hall–Kier alpha value is -0.880. The van der Waals surface area contributed by atoms with Crippen LogP contribution in [0, 0.1) is 6.92 Å². The summed E-state index contributed by atoms with van der Waals surface area (Å²) in [5, 5.41) is 0.674. The Labute approximate surface area is 99.9 Å². The van der Waals surface area contributed by atoms with E-state index in [0.717, 1.165) is 5.69 Å². The molecule has 0 spiro atoms. The van der Waals surface area contributed by atoms with Crippen molar-refractivity contribution in [3.8, 4) is 0 Å². The van der Waals surface area contributed by atoms with Gasteiger partial charge in [0.15, 0.2) is 10.2 Å². The number of aromatic nitrogens is 1. The Morgan fingerprint density at radius 1 is 1.33 bits per heavy atom. The lowest BCUT2D eigenvalue weighted by Crippen LogP contribution is -2.18. The monoisotopic (exact) mass is 246 g/mol. The second-order valence-corrected chi connectivity index (χ2v) is 5.82. The van der Waals surface area contributed by atoms with Gasteiger partial charge in [0.05, 0.1) is 5.69 Å². The van der Waals surface area contributed by atoms with Crippen molar-refractivity contribution in [2.24, 2.45) is 11.5 Å². The van der Waals surface area contributed by atoms with Gasteiger partial charge in [0.25, 0.3) is 0 Å². The number of thiazole rings is 1. The van der Waals surface area contributed by atoms with Crippen LogP contribution in [0.1, 0.15) is 31.3 Å². The molecule has 0 bridgehead atoms. The Kier molecular flexibility index (Phi) is 4.96. The summed E-state index contributed by atoms with van der Waals surface area (Å²) in [6.07, 6.45) is 0. The molecule has 6 N–H and O–H groups in total. The molecule has 0 aromatic carbocycles. The molecule has 1 rings (SSSR count). The third-order valence-corrected chi connectivity index (χ3v) is 2.32. The molecule has 86 valence electrons. The highest BCUT2D eigenvalue weighted by Crippen LogP contribution is 2.29. The number of aryl methyl sites for hydroxylation is 1. The van der Waals surface area contributed by atoms with E-state index in [0.29, 0.717) is 5.13 Å². The molecule has 0 aliphatic heterocycles. The average Bonchev–Trinajstić information content (AvgIpc) is 2.26. The molecule has 6 heteroatoms. The van der Waals surface area contributed by atoms with Gasteiger partial charge in [-0.2, -0.15) is 0 Å². The number of nitrogens with zero attached hydrogens (tertiary/aromatic N) is 1. The molecule has 0 aliphatic carbocycles. The average molecular weight is 246 g/mol. The molecule has 0 saturated carbocycles. The molecule has 15 heavy (non-hydrogen) atoms. The molecule has 0 fully saturated rings. The van der Waals surface area contributed by atoms with Gasteiger partial charge in [0.1, 0.15) is 0 Å². The largest absolute Gasteiger partial charge is 0.377 e. The van der Waals surface area contributed by atoms with Gasteiger partial charge in [-0.25, -0.2) is 4.98 Å². The smallest absolute Gasteiger partial charge is 0.180 e. The van der Waals surface area contributed by atoms with Gasteiger partial charge in [0.2, 0.25) is 0 Å². The van der Waals surface area contributed by atoms with Gasteiger partial charge < -0.3 is 17.2 Å². The van der Waals surface area contributed by atoms with E-state index in [2.05, 4.69) is 56.4 Å². The minimum atomic E-state index is 0.000000000000000222. The fourth-order valence-electron chi connectivity index (χ4n) is 1.11. The molecule has 4 nitrogen and oxygen atoms in total. The molecule has 0 amide bonds. The summed E-state index contributed by atoms with van der Waals surface area (Å²) in [5.41, 5.74) is 16.1. The first kappa shape index (κ1) is 14.1. The molecule has 0 saturated heterocycles. The summed E-state index contributed by atoms with van der Waals surface area (Å²) in [4.78, 5) is 5.51. The SMILES string of the molecule is Cc1sc(N)nc1C(C)(C)C.NC(N)=S. The molecule has 0 radical (unpaired) electrons. The van der Waals surface area contributed by atoms with E-state index in [1.54, 1.807) is 11.3 Å². The maximum absolute atomic E-state index is 5.58. The highest BCUT2D eigenvalue weighted by molar-refractivity contribution is 7.80. The van der Waals surface area contributed by atoms with Crippen LogP contribution in [0.4, 0.5) is 5.13 Å². The quantitative estimate of drug-likeness (QED) is 0.604. The first-order valence-electron chi connectivity index (χ1n) is 4.43. The Morgan fingerprint density at radius 3 is 1.87 bits per heavy atom. The zero-order valence-electron chi connectivity index (χ0n) is 9.50. The fourth-order valence-corrected chi connectivity index (χ4v) is 2.01. The van der Waals surface area contributed by atoms with E-state index in [4.69, 9.17) is 5.73 Å². The van der Waals surface area contributed by atoms with E-state index < -0.39 is 0 Å². The van der Waals surface area contributed by atoms with E-state index >= 15 is 0 Å². The van der Waals surface area contributed by atoms with Crippen molar-refractivity contribution >= 4 is 33.8 Å². The summed E-state index contributed by atoms with van der Waals surface area (Å²) >= 11 is 5.66. The second kappa shape index (κ2) is 5.27. The molecular formula is C9H18N4S2. The first-order chi connectivity index (χ1) is 6.64. The zero-order chi connectivity index (χ0) is 12.2. The lowest BCUT2D eigenvalue weighted by atomic mass is 9.92. The van der Waals surface area contributed by atoms with Crippen molar-refractivity contribution in [2.45, 2.75) is 33.1 Å². The maximum Gasteiger partial charge on any atom is 0.180 e. The summed E-state index contributed by atoms with van der Waals surface area (Å²) in [6.45, 7) is 8.51. The topological polar surface area (TPSA) is 90.9 Å². The van der Waals surface area contributed by atoms with Crippen LogP contribution in [-0.2, 0) is 5.41 Å². The summed E-state index contributed by atoms with van der Waals surface area (Å²) in [6, 6.07) is 0. The van der Waals surface area contributed by atoms with Crippen molar-refractivity contribution < 1.29 is 0 Å². The van der Waals surface area contributed by atoms with Crippen LogP contribution in [0.3, 0.4) is 0 Å². The van der Waals surface area contributed by atoms with Crippen molar-refractivity contribution in [3.63, 3.8) is 0 Å². The van der Waals surface area contributed by atoms with E-state index in [9.17, 15) is 0 Å². The van der Waals surface area contributed by atoms with Crippen molar-refractivity contribution in [1.29, 1.82) is 0 Å². The van der Waals surface area contributed by atoms with E-state index in [-0.39, 0.29) is 10.5 Å². The normalized spacial score (nSPS) is 10.4. The van der Waals surface area contributed by atoms with Gasteiger partial charge in [-0.15, -0.1) is 11.3 Å².